The summed E-state index contributed by atoms with van der Waals surface area (Å²) in [5.74, 6) is -0.203. The van der Waals surface area contributed by atoms with Gasteiger partial charge in [-0.15, -0.1) is 0 Å². The van der Waals surface area contributed by atoms with Gasteiger partial charge in [-0.05, 0) is 44.0 Å². The average Bonchev–Trinajstić information content (AvgIpc) is 2.35. The second-order valence-corrected chi connectivity index (χ2v) is 7.47. The number of hydrogen-bond acceptors (Lipinski definition) is 5. The van der Waals surface area contributed by atoms with Crippen LogP contribution in [0.1, 0.15) is 19.4 Å². The van der Waals surface area contributed by atoms with E-state index in [1.807, 2.05) is 0 Å². The second-order valence-electron chi connectivity index (χ2n) is 4.91. The monoisotopic (exact) mass is 318 g/mol. The Morgan fingerprint density at radius 1 is 1.45 bits per heavy atom. The summed E-state index contributed by atoms with van der Waals surface area (Å²) in [4.78, 5) is 11.9. The second kappa shape index (κ2) is 5.61. The molecule has 1 aromatic rings. The molecule has 0 amide bonds. The van der Waals surface area contributed by atoms with Gasteiger partial charge in [-0.2, -0.15) is 0 Å². The molecule has 1 aliphatic heterocycles. The van der Waals surface area contributed by atoms with Crippen LogP contribution in [0.3, 0.4) is 0 Å². The first-order chi connectivity index (χ1) is 9.27. The molecule has 2 rings (SSSR count). The quantitative estimate of drug-likeness (QED) is 0.630. The Labute approximate surface area is 122 Å². The molecule has 0 bridgehead atoms. The van der Waals surface area contributed by atoms with Crippen molar-refractivity contribution in [3.8, 4) is 5.75 Å². The highest BCUT2D eigenvalue weighted by molar-refractivity contribution is 8.13. The largest absolute Gasteiger partial charge is 0.492 e. The minimum absolute atomic E-state index is 0.000561. The standard InChI is InChI=1S/C13H15ClO5S/c1-8(2)19-13(15)10-5-9-6-11(20(14,16)17)3-4-12(9)18-7-10/h3-4,6,8,10H,5,7H2,1-2H3. The summed E-state index contributed by atoms with van der Waals surface area (Å²) in [6, 6.07) is 4.37. The van der Waals surface area contributed by atoms with Gasteiger partial charge < -0.3 is 9.47 Å². The first-order valence-electron chi connectivity index (χ1n) is 6.18. The molecule has 1 heterocycles. The fraction of sp³-hybridized carbons (Fsp3) is 0.462. The number of ether oxygens (including phenoxy) is 2. The first-order valence-corrected chi connectivity index (χ1v) is 8.49. The van der Waals surface area contributed by atoms with Crippen molar-refractivity contribution >= 4 is 25.7 Å². The van der Waals surface area contributed by atoms with Crippen LogP contribution in [0.2, 0.25) is 0 Å². The lowest BCUT2D eigenvalue weighted by atomic mass is 9.97. The van der Waals surface area contributed by atoms with E-state index < -0.39 is 15.0 Å². The van der Waals surface area contributed by atoms with E-state index in [2.05, 4.69) is 0 Å². The van der Waals surface area contributed by atoms with Crippen LogP contribution >= 0.6 is 10.7 Å². The molecule has 0 fully saturated rings. The predicted molar refractivity (Wildman–Crippen MR) is 73.4 cm³/mol. The third-order valence-corrected chi connectivity index (χ3v) is 4.26. The van der Waals surface area contributed by atoms with Gasteiger partial charge in [0, 0.05) is 10.7 Å². The highest BCUT2D eigenvalue weighted by Gasteiger charge is 2.28. The van der Waals surface area contributed by atoms with Crippen molar-refractivity contribution in [1.29, 1.82) is 0 Å². The number of rotatable bonds is 3. The molecule has 5 nitrogen and oxygen atoms in total. The van der Waals surface area contributed by atoms with E-state index in [-0.39, 0.29) is 23.6 Å². The van der Waals surface area contributed by atoms with E-state index in [4.69, 9.17) is 20.2 Å². The fourth-order valence-corrected chi connectivity index (χ4v) is 2.80. The lowest BCUT2D eigenvalue weighted by Crippen LogP contribution is -2.31. The van der Waals surface area contributed by atoms with Gasteiger partial charge in [0.25, 0.3) is 9.05 Å². The summed E-state index contributed by atoms with van der Waals surface area (Å²) >= 11 is 0. The van der Waals surface area contributed by atoms with Crippen molar-refractivity contribution in [3.05, 3.63) is 23.8 Å². The summed E-state index contributed by atoms with van der Waals surface area (Å²) in [6.07, 6.45) is 0.180. The van der Waals surface area contributed by atoms with Crippen molar-refractivity contribution in [2.45, 2.75) is 31.3 Å². The van der Waals surface area contributed by atoms with Gasteiger partial charge in [0.05, 0.1) is 16.9 Å². The Morgan fingerprint density at radius 3 is 2.75 bits per heavy atom. The number of halogens is 1. The summed E-state index contributed by atoms with van der Waals surface area (Å²) in [5.41, 5.74) is 0.642. The maximum Gasteiger partial charge on any atom is 0.313 e. The summed E-state index contributed by atoms with van der Waals surface area (Å²) in [7, 11) is 1.52. The van der Waals surface area contributed by atoms with E-state index in [0.717, 1.165) is 0 Å². The lowest BCUT2D eigenvalue weighted by molar-refractivity contribution is -0.153. The van der Waals surface area contributed by atoms with Gasteiger partial charge in [0.1, 0.15) is 12.4 Å². The molecule has 0 radical (unpaired) electrons. The Balaban J connectivity index is 2.22. The van der Waals surface area contributed by atoms with Crippen molar-refractivity contribution in [3.63, 3.8) is 0 Å². The highest BCUT2D eigenvalue weighted by atomic mass is 35.7. The van der Waals surface area contributed by atoms with Crippen molar-refractivity contribution < 1.29 is 22.7 Å². The van der Waals surface area contributed by atoms with Crippen molar-refractivity contribution in [2.75, 3.05) is 6.61 Å². The zero-order chi connectivity index (χ0) is 14.9. The Morgan fingerprint density at radius 2 is 2.15 bits per heavy atom. The highest BCUT2D eigenvalue weighted by Crippen LogP contribution is 2.31. The average molecular weight is 319 g/mol. The molecule has 0 aliphatic carbocycles. The normalized spacial score (nSPS) is 18.3. The van der Waals surface area contributed by atoms with E-state index in [1.165, 1.54) is 12.1 Å². The van der Waals surface area contributed by atoms with Gasteiger partial charge in [-0.1, -0.05) is 0 Å². The van der Waals surface area contributed by atoms with Crippen LogP contribution in [0.15, 0.2) is 23.1 Å². The van der Waals surface area contributed by atoms with Crippen LogP contribution in [0.4, 0.5) is 0 Å². The summed E-state index contributed by atoms with van der Waals surface area (Å²) in [5, 5.41) is 0. The molecule has 0 spiro atoms. The molecule has 0 aromatic heterocycles. The van der Waals surface area contributed by atoms with Crippen molar-refractivity contribution in [1.82, 2.24) is 0 Å². The molecule has 0 N–H and O–H groups in total. The van der Waals surface area contributed by atoms with Crippen LogP contribution in [0.25, 0.3) is 0 Å². The van der Waals surface area contributed by atoms with Gasteiger partial charge in [0.2, 0.25) is 0 Å². The van der Waals surface area contributed by atoms with E-state index >= 15 is 0 Å². The number of carbonyl (C=O) groups is 1. The number of carbonyl (C=O) groups excluding carboxylic acids is 1. The zero-order valence-electron chi connectivity index (χ0n) is 11.1. The SMILES string of the molecule is CC(C)OC(=O)C1COc2ccc(S(=O)(=O)Cl)cc2C1. The number of benzene rings is 1. The number of esters is 1. The van der Waals surface area contributed by atoms with Gasteiger partial charge >= 0.3 is 5.97 Å². The fourth-order valence-electron chi connectivity index (χ4n) is 2.00. The Bertz CT molecular complexity index is 624. The molecule has 1 unspecified atom stereocenters. The van der Waals surface area contributed by atoms with Gasteiger partial charge in [-0.3, -0.25) is 4.79 Å². The van der Waals surface area contributed by atoms with Gasteiger partial charge in [-0.25, -0.2) is 8.42 Å². The topological polar surface area (TPSA) is 69.7 Å². The summed E-state index contributed by atoms with van der Waals surface area (Å²) in [6.45, 7) is 3.77. The number of fused-ring (bicyclic) bond motifs is 1. The zero-order valence-corrected chi connectivity index (χ0v) is 12.7. The molecular formula is C13H15ClO5S. The molecular weight excluding hydrogens is 304 g/mol. The minimum Gasteiger partial charge on any atom is -0.492 e. The molecule has 7 heteroatoms. The van der Waals surface area contributed by atoms with E-state index in [9.17, 15) is 13.2 Å². The van der Waals surface area contributed by atoms with E-state index in [1.54, 1.807) is 19.9 Å². The van der Waals surface area contributed by atoms with Crippen LogP contribution in [-0.4, -0.2) is 27.1 Å². The van der Waals surface area contributed by atoms with Crippen LogP contribution < -0.4 is 4.74 Å². The van der Waals surface area contributed by atoms with Crippen LogP contribution in [0, 0.1) is 5.92 Å². The summed E-state index contributed by atoms with van der Waals surface area (Å²) < 4.78 is 33.2. The van der Waals surface area contributed by atoms with Crippen molar-refractivity contribution in [2.24, 2.45) is 5.92 Å². The van der Waals surface area contributed by atoms with Crippen LogP contribution in [-0.2, 0) is 25.0 Å². The molecule has 110 valence electrons. The maximum atomic E-state index is 11.9. The van der Waals surface area contributed by atoms with Crippen LogP contribution in [0.5, 0.6) is 5.75 Å². The predicted octanol–water partition coefficient (Wildman–Crippen LogP) is 2.12. The number of hydrogen-bond donors (Lipinski definition) is 0. The Kier molecular flexibility index (Phi) is 4.25. The first kappa shape index (κ1) is 15.1. The molecule has 20 heavy (non-hydrogen) atoms. The van der Waals surface area contributed by atoms with E-state index in [0.29, 0.717) is 17.7 Å². The Hall–Kier alpha value is -1.27. The van der Waals surface area contributed by atoms with Gasteiger partial charge in [0.15, 0.2) is 0 Å². The third-order valence-electron chi connectivity index (χ3n) is 2.91. The molecule has 1 atom stereocenters. The molecule has 0 saturated carbocycles. The molecule has 1 aromatic carbocycles. The smallest absolute Gasteiger partial charge is 0.313 e. The minimum atomic E-state index is -3.79. The third kappa shape index (κ3) is 3.43. The molecule has 0 saturated heterocycles. The molecule has 1 aliphatic rings. The lowest BCUT2D eigenvalue weighted by Gasteiger charge is -2.25. The maximum absolute atomic E-state index is 11.9.